The molecule has 0 aromatic carbocycles. The molecule has 0 aliphatic rings. The summed E-state index contributed by atoms with van der Waals surface area (Å²) in [6.45, 7) is 7.58. The summed E-state index contributed by atoms with van der Waals surface area (Å²) >= 11 is 0. The highest BCUT2D eigenvalue weighted by atomic mass is 16.3. The smallest absolute Gasteiger partial charge is 0.240 e. The van der Waals surface area contributed by atoms with Crippen molar-refractivity contribution >= 4 is 5.91 Å². The van der Waals surface area contributed by atoms with Crippen molar-refractivity contribution in [3.8, 4) is 0 Å². The largest absolute Gasteiger partial charge is 0.396 e. The van der Waals surface area contributed by atoms with Gasteiger partial charge in [0.2, 0.25) is 5.91 Å². The average molecular weight is 216 g/mol. The Labute approximate surface area is 92.2 Å². The van der Waals surface area contributed by atoms with E-state index in [0.29, 0.717) is 12.8 Å². The fourth-order valence-corrected chi connectivity index (χ4v) is 1.15. The fourth-order valence-electron chi connectivity index (χ4n) is 1.15. The zero-order chi connectivity index (χ0) is 12.1. The molecule has 90 valence electrons. The number of hydrogen-bond acceptors (Lipinski definition) is 3. The van der Waals surface area contributed by atoms with Gasteiger partial charge in [0.15, 0.2) is 0 Å². The molecule has 0 heterocycles. The molecule has 0 saturated carbocycles. The summed E-state index contributed by atoms with van der Waals surface area (Å²) in [7, 11) is 0. The van der Waals surface area contributed by atoms with Crippen LogP contribution >= 0.6 is 0 Å². The van der Waals surface area contributed by atoms with Gasteiger partial charge in [0.25, 0.3) is 0 Å². The highest BCUT2D eigenvalue weighted by molar-refractivity contribution is 5.86. The van der Waals surface area contributed by atoms with Crippen LogP contribution in [0.5, 0.6) is 0 Å². The van der Waals surface area contributed by atoms with Crippen LogP contribution in [0.25, 0.3) is 0 Å². The second-order valence-electron chi connectivity index (χ2n) is 4.61. The summed E-state index contributed by atoms with van der Waals surface area (Å²) < 4.78 is 0. The van der Waals surface area contributed by atoms with Gasteiger partial charge in [0.1, 0.15) is 0 Å². The third-order valence-corrected chi connectivity index (χ3v) is 3.11. The predicted molar refractivity (Wildman–Crippen MR) is 61.4 cm³/mol. The van der Waals surface area contributed by atoms with Crippen molar-refractivity contribution in [3.05, 3.63) is 0 Å². The Bertz CT molecular complexity index is 217. The summed E-state index contributed by atoms with van der Waals surface area (Å²) in [5.41, 5.74) is 4.66. The molecule has 0 fully saturated rings. The lowest BCUT2D eigenvalue weighted by atomic mass is 9.91. The van der Waals surface area contributed by atoms with E-state index >= 15 is 0 Å². The van der Waals surface area contributed by atoms with Gasteiger partial charge in [-0.1, -0.05) is 13.8 Å². The van der Waals surface area contributed by atoms with Crippen LogP contribution in [0.1, 0.15) is 47.0 Å². The second-order valence-corrected chi connectivity index (χ2v) is 4.61. The summed E-state index contributed by atoms with van der Waals surface area (Å²) in [6.07, 6.45) is 1.92. The number of nitrogens with one attached hydrogen (secondary N) is 1. The van der Waals surface area contributed by atoms with E-state index in [1.165, 1.54) is 0 Å². The number of aliphatic hydroxyl groups is 1. The first-order valence-electron chi connectivity index (χ1n) is 5.53. The zero-order valence-electron chi connectivity index (χ0n) is 10.3. The number of nitrogens with two attached hydrogens (primary N) is 1. The van der Waals surface area contributed by atoms with Gasteiger partial charge >= 0.3 is 0 Å². The number of carbonyl (C=O) groups is 1. The van der Waals surface area contributed by atoms with Gasteiger partial charge in [-0.2, -0.15) is 0 Å². The van der Waals surface area contributed by atoms with Crippen LogP contribution < -0.4 is 11.1 Å². The van der Waals surface area contributed by atoms with Crippen molar-refractivity contribution < 1.29 is 9.90 Å². The number of carbonyl (C=O) groups excluding carboxylic acids is 1. The number of hydrogen-bond donors (Lipinski definition) is 3. The molecule has 4 nitrogen and oxygen atoms in total. The Hall–Kier alpha value is -0.610. The van der Waals surface area contributed by atoms with Gasteiger partial charge in [-0.3, -0.25) is 4.79 Å². The third-order valence-electron chi connectivity index (χ3n) is 3.11. The van der Waals surface area contributed by atoms with E-state index in [4.69, 9.17) is 10.8 Å². The van der Waals surface area contributed by atoms with Crippen molar-refractivity contribution in [3.63, 3.8) is 0 Å². The van der Waals surface area contributed by atoms with Gasteiger partial charge in [0.05, 0.1) is 5.54 Å². The minimum absolute atomic E-state index is 0.0675. The zero-order valence-corrected chi connectivity index (χ0v) is 10.3. The fraction of sp³-hybridized carbons (Fsp3) is 0.909. The van der Waals surface area contributed by atoms with Gasteiger partial charge in [-0.25, -0.2) is 0 Å². The van der Waals surface area contributed by atoms with Gasteiger partial charge in [-0.05, 0) is 33.1 Å². The molecule has 0 rings (SSSR count). The standard InChI is InChI=1S/C11H24N2O2/c1-5-10(3,7-8-14)13-9(15)11(4,12)6-2/h14H,5-8,12H2,1-4H3,(H,13,15). The van der Waals surface area contributed by atoms with Crippen LogP contribution in [-0.2, 0) is 4.79 Å². The maximum Gasteiger partial charge on any atom is 0.240 e. The molecule has 4 heteroatoms. The Morgan fingerprint density at radius 3 is 2.20 bits per heavy atom. The van der Waals surface area contributed by atoms with E-state index in [2.05, 4.69) is 5.32 Å². The molecule has 4 N–H and O–H groups in total. The molecule has 0 aliphatic heterocycles. The molecular weight excluding hydrogens is 192 g/mol. The molecule has 2 atom stereocenters. The topological polar surface area (TPSA) is 75.3 Å². The van der Waals surface area contributed by atoms with E-state index < -0.39 is 5.54 Å². The van der Waals surface area contributed by atoms with E-state index in [-0.39, 0.29) is 18.1 Å². The molecule has 15 heavy (non-hydrogen) atoms. The van der Waals surface area contributed by atoms with Crippen LogP contribution in [0, 0.1) is 0 Å². The average Bonchev–Trinajstić information content (AvgIpc) is 2.18. The van der Waals surface area contributed by atoms with Crippen molar-refractivity contribution in [1.82, 2.24) is 5.32 Å². The van der Waals surface area contributed by atoms with Gasteiger partial charge < -0.3 is 16.2 Å². The number of aliphatic hydroxyl groups excluding tert-OH is 1. The lowest BCUT2D eigenvalue weighted by molar-refractivity contribution is -0.128. The Balaban J connectivity index is 4.49. The van der Waals surface area contributed by atoms with Crippen LogP contribution in [0.3, 0.4) is 0 Å². The molecule has 0 aliphatic carbocycles. The second kappa shape index (κ2) is 5.47. The third kappa shape index (κ3) is 4.18. The Morgan fingerprint density at radius 1 is 1.33 bits per heavy atom. The molecule has 0 aromatic rings. The molecule has 0 spiro atoms. The first-order chi connectivity index (χ1) is 6.81. The SMILES string of the molecule is CCC(C)(CCO)NC(=O)C(C)(N)CC. The molecule has 0 saturated heterocycles. The van der Waals surface area contributed by atoms with Gasteiger partial charge in [0, 0.05) is 12.1 Å². The van der Waals surface area contributed by atoms with Crippen molar-refractivity contribution in [2.75, 3.05) is 6.61 Å². The molecule has 0 radical (unpaired) electrons. The summed E-state index contributed by atoms with van der Waals surface area (Å²) in [6, 6.07) is 0. The van der Waals surface area contributed by atoms with E-state index in [9.17, 15) is 4.79 Å². The summed E-state index contributed by atoms with van der Waals surface area (Å²) in [4.78, 5) is 11.8. The van der Waals surface area contributed by atoms with Crippen molar-refractivity contribution in [2.45, 2.75) is 58.0 Å². The Kier molecular flexibility index (Phi) is 5.24. The quantitative estimate of drug-likeness (QED) is 0.614. The van der Waals surface area contributed by atoms with Crippen LogP contribution in [0.4, 0.5) is 0 Å². The molecular formula is C11H24N2O2. The lowest BCUT2D eigenvalue weighted by Gasteiger charge is -2.33. The monoisotopic (exact) mass is 216 g/mol. The normalized spacial score (nSPS) is 19.1. The highest BCUT2D eigenvalue weighted by Gasteiger charge is 2.32. The predicted octanol–water partition coefficient (Wildman–Crippen LogP) is 0.781. The minimum atomic E-state index is -0.827. The van der Waals surface area contributed by atoms with Crippen LogP contribution in [-0.4, -0.2) is 28.7 Å². The molecule has 0 aromatic heterocycles. The van der Waals surface area contributed by atoms with Crippen molar-refractivity contribution in [2.24, 2.45) is 5.73 Å². The molecule has 0 bridgehead atoms. The summed E-state index contributed by atoms with van der Waals surface area (Å²) in [5.74, 6) is -0.150. The first-order valence-corrected chi connectivity index (χ1v) is 5.53. The van der Waals surface area contributed by atoms with Crippen molar-refractivity contribution in [1.29, 1.82) is 0 Å². The maximum absolute atomic E-state index is 11.8. The van der Waals surface area contributed by atoms with E-state index in [1.807, 2.05) is 20.8 Å². The molecule has 1 amide bonds. The summed E-state index contributed by atoms with van der Waals surface area (Å²) in [5, 5.41) is 11.8. The Morgan fingerprint density at radius 2 is 1.87 bits per heavy atom. The van der Waals surface area contributed by atoms with Crippen LogP contribution in [0.15, 0.2) is 0 Å². The van der Waals surface area contributed by atoms with E-state index in [0.717, 1.165) is 6.42 Å². The van der Waals surface area contributed by atoms with E-state index in [1.54, 1.807) is 6.92 Å². The maximum atomic E-state index is 11.8. The van der Waals surface area contributed by atoms with Crippen LogP contribution in [0.2, 0.25) is 0 Å². The lowest BCUT2D eigenvalue weighted by Crippen LogP contribution is -2.57. The molecule has 2 unspecified atom stereocenters. The van der Waals surface area contributed by atoms with Gasteiger partial charge in [-0.15, -0.1) is 0 Å². The number of rotatable bonds is 6. The minimum Gasteiger partial charge on any atom is -0.396 e. The number of amides is 1. The first kappa shape index (κ1) is 14.4. The highest BCUT2D eigenvalue weighted by Crippen LogP contribution is 2.16.